The largest absolute Gasteiger partial charge is 0.403 e. The lowest BCUT2D eigenvalue weighted by molar-refractivity contribution is -0.0284. The van der Waals surface area contributed by atoms with E-state index in [1.165, 1.54) is 10.4 Å². The fraction of sp³-hybridized carbons (Fsp3) is 0.500. The van der Waals surface area contributed by atoms with Crippen LogP contribution in [0.15, 0.2) is 60.7 Å². The fourth-order valence-electron chi connectivity index (χ4n) is 4.12. The Morgan fingerprint density at radius 2 is 1.19 bits per heavy atom. The molecule has 0 radical (unpaired) electrons. The molecule has 0 aliphatic heterocycles. The van der Waals surface area contributed by atoms with E-state index in [2.05, 4.69) is 116 Å². The Morgan fingerprint density at radius 1 is 0.774 bits per heavy atom. The van der Waals surface area contributed by atoms with Gasteiger partial charge in [0, 0.05) is 5.41 Å². The first-order valence-electron chi connectivity index (χ1n) is 11.0. The molecule has 0 N–H and O–H groups in total. The van der Waals surface area contributed by atoms with Gasteiger partial charge < -0.3 is 8.85 Å². The van der Waals surface area contributed by atoms with Crippen LogP contribution in [0.4, 0.5) is 0 Å². The highest BCUT2D eigenvalue weighted by molar-refractivity contribution is 6.99. The van der Waals surface area contributed by atoms with Gasteiger partial charge in [0.2, 0.25) is 0 Å². The van der Waals surface area contributed by atoms with Crippen LogP contribution in [0.2, 0.25) is 24.7 Å². The maximum Gasteiger partial charge on any atom is 0.261 e. The average Bonchev–Trinajstić information content (AvgIpc) is 2.66. The van der Waals surface area contributed by atoms with Gasteiger partial charge in [-0.3, -0.25) is 0 Å². The topological polar surface area (TPSA) is 42.2 Å². The van der Waals surface area contributed by atoms with Crippen LogP contribution in [-0.4, -0.2) is 28.8 Å². The molecule has 3 nitrogen and oxygen atoms in total. The van der Waals surface area contributed by atoms with Crippen molar-refractivity contribution < 1.29 is 8.85 Å². The van der Waals surface area contributed by atoms with E-state index in [0.29, 0.717) is 0 Å². The monoisotopic (exact) mass is 453 g/mol. The van der Waals surface area contributed by atoms with E-state index < -0.39 is 27.7 Å². The van der Waals surface area contributed by atoms with E-state index in [1.807, 2.05) is 12.1 Å². The average molecular weight is 454 g/mol. The molecule has 2 rings (SSSR count). The molecule has 5 heteroatoms. The molecule has 0 aliphatic rings. The zero-order valence-electron chi connectivity index (χ0n) is 20.7. The van der Waals surface area contributed by atoms with Gasteiger partial charge in [-0.15, -0.1) is 0 Å². The number of benzene rings is 2. The molecule has 1 atom stereocenters. The molecule has 168 valence electrons. The standard InChI is InChI=1S/C26H39NO2Si2/c1-24(2,3)26(20-27,29-30(7,8)9)21-28-31(25(4,5)6,22-16-12-10-13-17-22)23-18-14-11-15-19-23/h10-19H,21H2,1-9H3. The van der Waals surface area contributed by atoms with Crippen LogP contribution >= 0.6 is 0 Å². The van der Waals surface area contributed by atoms with Gasteiger partial charge in [-0.05, 0) is 35.1 Å². The summed E-state index contributed by atoms with van der Waals surface area (Å²) in [4.78, 5) is 0. The van der Waals surface area contributed by atoms with Gasteiger partial charge in [-0.25, -0.2) is 0 Å². The molecule has 0 aliphatic carbocycles. The Kier molecular flexibility index (Phi) is 7.44. The van der Waals surface area contributed by atoms with Gasteiger partial charge in [0.1, 0.15) is 0 Å². The Morgan fingerprint density at radius 3 is 1.48 bits per heavy atom. The van der Waals surface area contributed by atoms with E-state index in [0.717, 1.165) is 0 Å². The van der Waals surface area contributed by atoms with Crippen LogP contribution in [-0.2, 0) is 8.85 Å². The Labute approximate surface area is 191 Å². The molecular formula is C26H39NO2Si2. The zero-order valence-corrected chi connectivity index (χ0v) is 22.7. The highest BCUT2D eigenvalue weighted by Crippen LogP contribution is 2.41. The van der Waals surface area contributed by atoms with Crippen molar-refractivity contribution in [1.29, 1.82) is 5.26 Å². The second-order valence-electron chi connectivity index (χ2n) is 11.4. The Bertz CT molecular complexity index is 848. The van der Waals surface area contributed by atoms with Crippen molar-refractivity contribution >= 4 is 27.0 Å². The van der Waals surface area contributed by atoms with Crippen molar-refractivity contribution in [2.45, 2.75) is 71.8 Å². The number of rotatable bonds is 7. The zero-order chi connectivity index (χ0) is 23.6. The van der Waals surface area contributed by atoms with Crippen molar-refractivity contribution in [2.75, 3.05) is 6.61 Å². The lowest BCUT2D eigenvalue weighted by atomic mass is 9.78. The van der Waals surface area contributed by atoms with Crippen LogP contribution in [0.1, 0.15) is 41.5 Å². The van der Waals surface area contributed by atoms with E-state index in [9.17, 15) is 5.26 Å². The van der Waals surface area contributed by atoms with E-state index in [-0.39, 0.29) is 11.6 Å². The number of nitriles is 1. The second kappa shape index (κ2) is 9.03. The summed E-state index contributed by atoms with van der Waals surface area (Å²) < 4.78 is 13.7. The van der Waals surface area contributed by atoms with Gasteiger partial charge in [-0.2, -0.15) is 5.26 Å². The summed E-state index contributed by atoms with van der Waals surface area (Å²) >= 11 is 0. The smallest absolute Gasteiger partial charge is 0.261 e. The summed E-state index contributed by atoms with van der Waals surface area (Å²) in [6.07, 6.45) is 0. The van der Waals surface area contributed by atoms with E-state index >= 15 is 0 Å². The van der Waals surface area contributed by atoms with Crippen molar-refractivity contribution in [3.63, 3.8) is 0 Å². The predicted octanol–water partition coefficient (Wildman–Crippen LogP) is 5.72. The summed E-state index contributed by atoms with van der Waals surface area (Å²) in [7, 11) is -4.76. The minimum atomic E-state index is -2.75. The van der Waals surface area contributed by atoms with Gasteiger partial charge in [0.25, 0.3) is 8.32 Å². The first-order chi connectivity index (χ1) is 14.2. The lowest BCUT2D eigenvalue weighted by Gasteiger charge is -2.48. The summed E-state index contributed by atoms with van der Waals surface area (Å²) in [6, 6.07) is 23.6. The summed E-state index contributed by atoms with van der Waals surface area (Å²) in [5.41, 5.74) is -1.42. The van der Waals surface area contributed by atoms with Crippen LogP contribution in [0.5, 0.6) is 0 Å². The molecule has 0 spiro atoms. The SMILES string of the molecule is CC(C)(C)C(C#N)(CO[Si](c1ccccc1)(c1ccccc1)C(C)(C)C)O[Si](C)(C)C. The van der Waals surface area contributed by atoms with E-state index in [1.54, 1.807) is 0 Å². The molecule has 2 aromatic rings. The number of nitrogens with zero attached hydrogens (tertiary/aromatic N) is 1. The minimum Gasteiger partial charge on any atom is -0.403 e. The molecule has 0 saturated carbocycles. The highest BCUT2D eigenvalue weighted by atomic mass is 28.4. The van der Waals surface area contributed by atoms with Crippen LogP contribution in [0, 0.1) is 16.7 Å². The van der Waals surface area contributed by atoms with Crippen LogP contribution in [0.3, 0.4) is 0 Å². The third-order valence-corrected chi connectivity index (χ3v) is 11.7. The molecule has 2 aromatic carbocycles. The van der Waals surface area contributed by atoms with Gasteiger partial charge >= 0.3 is 0 Å². The molecular weight excluding hydrogens is 414 g/mol. The number of hydrogen-bond donors (Lipinski definition) is 0. The van der Waals surface area contributed by atoms with Crippen LogP contribution < -0.4 is 10.4 Å². The third-order valence-electron chi connectivity index (χ3n) is 5.78. The van der Waals surface area contributed by atoms with Gasteiger partial charge in [-0.1, -0.05) is 102 Å². The highest BCUT2D eigenvalue weighted by Gasteiger charge is 2.54. The van der Waals surface area contributed by atoms with Crippen LogP contribution in [0.25, 0.3) is 0 Å². The summed E-state index contributed by atoms with van der Waals surface area (Å²) in [6.45, 7) is 19.6. The maximum absolute atomic E-state index is 10.4. The molecule has 0 saturated heterocycles. The summed E-state index contributed by atoms with van der Waals surface area (Å²) in [5.74, 6) is 0. The van der Waals surface area contributed by atoms with E-state index in [4.69, 9.17) is 8.85 Å². The third kappa shape index (κ3) is 5.38. The molecule has 0 heterocycles. The summed E-state index contributed by atoms with van der Waals surface area (Å²) in [5, 5.41) is 12.7. The fourth-order valence-corrected chi connectivity index (χ4v) is 10.1. The van der Waals surface area contributed by atoms with Gasteiger partial charge in [0.15, 0.2) is 13.9 Å². The van der Waals surface area contributed by atoms with Crippen molar-refractivity contribution in [1.82, 2.24) is 0 Å². The molecule has 1 unspecified atom stereocenters. The molecule has 0 fully saturated rings. The first kappa shape index (κ1) is 25.5. The molecule has 0 aromatic heterocycles. The van der Waals surface area contributed by atoms with Crippen molar-refractivity contribution in [3.05, 3.63) is 60.7 Å². The van der Waals surface area contributed by atoms with Crippen molar-refractivity contribution in [2.24, 2.45) is 5.41 Å². The second-order valence-corrected chi connectivity index (χ2v) is 20.1. The quantitative estimate of drug-likeness (QED) is 0.503. The number of hydrogen-bond acceptors (Lipinski definition) is 3. The Balaban J connectivity index is 2.70. The minimum absolute atomic E-state index is 0.145. The predicted molar refractivity (Wildman–Crippen MR) is 136 cm³/mol. The molecule has 0 amide bonds. The van der Waals surface area contributed by atoms with Crippen molar-refractivity contribution in [3.8, 4) is 6.07 Å². The maximum atomic E-state index is 10.4. The normalized spacial score (nSPS) is 15.2. The lowest BCUT2D eigenvalue weighted by Crippen LogP contribution is -2.68. The van der Waals surface area contributed by atoms with Gasteiger partial charge in [0.05, 0.1) is 12.7 Å². The molecule has 0 bridgehead atoms. The first-order valence-corrected chi connectivity index (χ1v) is 16.4. The molecule has 31 heavy (non-hydrogen) atoms. The Hall–Kier alpha value is -1.72.